The molecule has 0 radical (unpaired) electrons. The second kappa shape index (κ2) is 4.77. The highest BCUT2D eigenvalue weighted by Gasteiger charge is 2.27. The zero-order valence-electron chi connectivity index (χ0n) is 11.2. The fraction of sp³-hybridized carbons (Fsp3) is 0.188. The van der Waals surface area contributed by atoms with Crippen molar-refractivity contribution in [2.45, 2.75) is 19.3 Å². The van der Waals surface area contributed by atoms with Crippen molar-refractivity contribution in [1.29, 1.82) is 0 Å². The molecular weight excluding hydrogens is 330 g/mol. The number of ketones is 1. The van der Waals surface area contributed by atoms with Crippen molar-refractivity contribution in [2.24, 2.45) is 0 Å². The summed E-state index contributed by atoms with van der Waals surface area (Å²) in [5.74, 6) is 0.842. The van der Waals surface area contributed by atoms with Crippen LogP contribution in [0.3, 0.4) is 0 Å². The first-order chi connectivity index (χ1) is 10.3. The minimum Gasteiger partial charge on any atom is -0.294 e. The van der Waals surface area contributed by atoms with E-state index >= 15 is 0 Å². The number of carbonyl (C=O) groups excluding carboxylic acids is 1. The fourth-order valence-electron chi connectivity index (χ4n) is 3.04. The van der Waals surface area contributed by atoms with E-state index in [2.05, 4.69) is 25.9 Å². The van der Waals surface area contributed by atoms with Gasteiger partial charge in [-0.1, -0.05) is 15.9 Å². The van der Waals surface area contributed by atoms with Gasteiger partial charge in [-0.05, 0) is 37.1 Å². The van der Waals surface area contributed by atoms with Crippen molar-refractivity contribution in [1.82, 2.24) is 14.5 Å². The van der Waals surface area contributed by atoms with Gasteiger partial charge in [0.2, 0.25) is 5.95 Å². The molecule has 0 aliphatic heterocycles. The van der Waals surface area contributed by atoms with Crippen molar-refractivity contribution in [3.8, 4) is 5.95 Å². The molecule has 0 saturated carbocycles. The Morgan fingerprint density at radius 3 is 2.76 bits per heavy atom. The van der Waals surface area contributed by atoms with Gasteiger partial charge in [0.15, 0.2) is 5.78 Å². The maximum atomic E-state index is 12.4. The number of carbonyl (C=O) groups is 1. The van der Waals surface area contributed by atoms with Crippen LogP contribution in [0.4, 0.5) is 0 Å². The summed E-state index contributed by atoms with van der Waals surface area (Å²) in [7, 11) is 0. The minimum atomic E-state index is 0.217. The van der Waals surface area contributed by atoms with Crippen LogP contribution in [0.2, 0.25) is 0 Å². The molecule has 4 rings (SSSR count). The average Bonchev–Trinajstić information content (AvgIpc) is 2.83. The van der Waals surface area contributed by atoms with Crippen molar-refractivity contribution in [3.63, 3.8) is 0 Å². The molecule has 21 heavy (non-hydrogen) atoms. The molecule has 1 aliphatic carbocycles. The third-order valence-corrected chi connectivity index (χ3v) is 4.37. The Labute approximate surface area is 130 Å². The third kappa shape index (κ3) is 1.92. The molecule has 0 fully saturated rings. The van der Waals surface area contributed by atoms with Gasteiger partial charge < -0.3 is 0 Å². The highest BCUT2D eigenvalue weighted by molar-refractivity contribution is 9.10. The molecule has 1 aromatic carbocycles. The monoisotopic (exact) mass is 341 g/mol. The van der Waals surface area contributed by atoms with E-state index in [1.807, 2.05) is 22.8 Å². The average molecular weight is 342 g/mol. The topological polar surface area (TPSA) is 47.8 Å². The lowest BCUT2D eigenvalue weighted by molar-refractivity contribution is 0.0973. The molecule has 0 amide bonds. The van der Waals surface area contributed by atoms with Gasteiger partial charge in [0.25, 0.3) is 0 Å². The van der Waals surface area contributed by atoms with E-state index in [4.69, 9.17) is 0 Å². The summed E-state index contributed by atoms with van der Waals surface area (Å²) in [5, 5.41) is 0.983. The molecule has 0 saturated heterocycles. The number of fused-ring (bicyclic) bond motifs is 3. The van der Waals surface area contributed by atoms with E-state index in [1.54, 1.807) is 18.5 Å². The summed E-state index contributed by atoms with van der Waals surface area (Å²) in [4.78, 5) is 21.1. The first-order valence-electron chi connectivity index (χ1n) is 6.89. The summed E-state index contributed by atoms with van der Waals surface area (Å²) in [6, 6.07) is 7.80. The first kappa shape index (κ1) is 12.7. The molecule has 2 heterocycles. The van der Waals surface area contributed by atoms with Crippen LogP contribution in [0.5, 0.6) is 0 Å². The molecular formula is C16H12BrN3O. The first-order valence-corrected chi connectivity index (χ1v) is 7.68. The van der Waals surface area contributed by atoms with E-state index < -0.39 is 0 Å². The smallest absolute Gasteiger partial charge is 0.234 e. The molecule has 4 nitrogen and oxygen atoms in total. The lowest BCUT2D eigenvalue weighted by Gasteiger charge is -2.13. The minimum absolute atomic E-state index is 0.217. The Kier molecular flexibility index (Phi) is 2.89. The van der Waals surface area contributed by atoms with Gasteiger partial charge in [0.1, 0.15) is 0 Å². The maximum absolute atomic E-state index is 12.4. The van der Waals surface area contributed by atoms with Crippen LogP contribution < -0.4 is 0 Å². The van der Waals surface area contributed by atoms with E-state index in [0.717, 1.165) is 39.5 Å². The number of aromatic nitrogens is 3. The van der Waals surface area contributed by atoms with E-state index in [-0.39, 0.29) is 5.78 Å². The molecule has 0 bridgehead atoms. The van der Waals surface area contributed by atoms with Crippen molar-refractivity contribution >= 4 is 32.6 Å². The Morgan fingerprint density at radius 2 is 1.95 bits per heavy atom. The molecule has 0 unspecified atom stereocenters. The number of rotatable bonds is 1. The van der Waals surface area contributed by atoms with Gasteiger partial charge in [-0.25, -0.2) is 9.97 Å². The lowest BCUT2D eigenvalue weighted by Crippen LogP contribution is -2.13. The number of benzene rings is 1. The van der Waals surface area contributed by atoms with Gasteiger partial charge in [0.05, 0.1) is 5.52 Å². The molecule has 3 aromatic rings. The Balaban J connectivity index is 2.13. The van der Waals surface area contributed by atoms with Gasteiger partial charge in [-0.15, -0.1) is 0 Å². The predicted octanol–water partition coefficient (Wildman–Crippen LogP) is 3.70. The molecule has 2 aromatic heterocycles. The quantitative estimate of drug-likeness (QED) is 0.677. The number of nitrogens with zero attached hydrogens (tertiary/aromatic N) is 3. The van der Waals surface area contributed by atoms with Gasteiger partial charge >= 0.3 is 0 Å². The van der Waals surface area contributed by atoms with Crippen molar-refractivity contribution in [3.05, 3.63) is 52.4 Å². The Hall–Kier alpha value is -2.01. The highest BCUT2D eigenvalue weighted by atomic mass is 79.9. The Bertz CT molecular complexity index is 855. The zero-order valence-corrected chi connectivity index (χ0v) is 12.8. The van der Waals surface area contributed by atoms with Gasteiger partial charge in [-0.2, -0.15) is 0 Å². The Morgan fingerprint density at radius 1 is 1.14 bits per heavy atom. The fourth-order valence-corrected chi connectivity index (χ4v) is 3.40. The summed E-state index contributed by atoms with van der Waals surface area (Å²) in [6.45, 7) is 0. The van der Waals surface area contributed by atoms with Crippen LogP contribution >= 0.6 is 15.9 Å². The maximum Gasteiger partial charge on any atom is 0.234 e. The zero-order chi connectivity index (χ0) is 14.4. The summed E-state index contributed by atoms with van der Waals surface area (Å²) in [6.07, 6.45) is 5.84. The lowest BCUT2D eigenvalue weighted by atomic mass is 9.94. The van der Waals surface area contributed by atoms with Crippen LogP contribution in [0, 0.1) is 0 Å². The van der Waals surface area contributed by atoms with E-state index in [0.29, 0.717) is 12.4 Å². The van der Waals surface area contributed by atoms with E-state index in [1.165, 1.54) is 0 Å². The molecule has 0 atom stereocenters. The van der Waals surface area contributed by atoms with E-state index in [9.17, 15) is 4.79 Å². The van der Waals surface area contributed by atoms with Crippen LogP contribution in [-0.2, 0) is 6.42 Å². The largest absolute Gasteiger partial charge is 0.294 e. The van der Waals surface area contributed by atoms with Crippen LogP contribution in [0.1, 0.15) is 28.9 Å². The summed E-state index contributed by atoms with van der Waals surface area (Å²) in [5.41, 5.74) is 2.86. The van der Waals surface area contributed by atoms with Crippen LogP contribution in [-0.4, -0.2) is 20.3 Å². The normalized spacial score (nSPS) is 14.4. The molecule has 1 aliphatic rings. The van der Waals surface area contributed by atoms with Crippen LogP contribution in [0.25, 0.3) is 16.9 Å². The highest BCUT2D eigenvalue weighted by Crippen LogP contribution is 2.35. The van der Waals surface area contributed by atoms with Gasteiger partial charge in [0, 0.05) is 39.9 Å². The second-order valence-corrected chi connectivity index (χ2v) is 6.06. The van der Waals surface area contributed by atoms with Crippen LogP contribution in [0.15, 0.2) is 41.1 Å². The number of hydrogen-bond donors (Lipinski definition) is 0. The third-order valence-electron chi connectivity index (χ3n) is 3.88. The standard InChI is InChI=1S/C16H12BrN3O/c17-10-5-6-12-11(9-10)15-13(3-1-4-14(15)21)20(12)16-18-7-2-8-19-16/h2,5-9H,1,3-4H2. The molecule has 104 valence electrons. The van der Waals surface area contributed by atoms with Gasteiger partial charge in [-0.3, -0.25) is 9.36 Å². The number of hydrogen-bond acceptors (Lipinski definition) is 3. The molecule has 0 spiro atoms. The van der Waals surface area contributed by atoms with Crippen molar-refractivity contribution in [2.75, 3.05) is 0 Å². The summed E-state index contributed by atoms with van der Waals surface area (Å²) < 4.78 is 3.00. The second-order valence-electron chi connectivity index (χ2n) is 5.14. The van der Waals surface area contributed by atoms with Crippen molar-refractivity contribution < 1.29 is 4.79 Å². The SMILES string of the molecule is O=C1CCCc2c1c1cc(Br)ccc1n2-c1ncccn1. The predicted molar refractivity (Wildman–Crippen MR) is 83.8 cm³/mol. The molecule has 0 N–H and O–H groups in total. The number of Topliss-reactive ketones (excluding diaryl/α,β-unsaturated/α-hetero) is 1. The summed E-state index contributed by atoms with van der Waals surface area (Å²) >= 11 is 3.49. The molecule has 5 heteroatoms. The number of halogens is 1.